The number of nitrogens with one attached hydrogen (secondary N) is 1. The van der Waals surface area contributed by atoms with Crippen molar-refractivity contribution in [2.45, 2.75) is 33.7 Å². The van der Waals surface area contributed by atoms with Crippen LogP contribution in [-0.4, -0.2) is 17.3 Å². The summed E-state index contributed by atoms with van der Waals surface area (Å²) in [4.78, 5) is 0. The highest BCUT2D eigenvalue weighted by Gasteiger charge is 2.08. The number of methoxy groups -OCH3 is 1. The predicted molar refractivity (Wildman–Crippen MR) is 83.5 cm³/mol. The van der Waals surface area contributed by atoms with Gasteiger partial charge < -0.3 is 10.1 Å². The standard InChI is InChI=1S/C15H21N3OS/c1-10(2)7-14-17-18-15(20-14)16-9-12-8-11(3)5-6-13(12)19-4/h5-6,8,10H,7,9H2,1-4H3,(H,16,18). The van der Waals surface area contributed by atoms with Gasteiger partial charge in [0, 0.05) is 18.5 Å². The molecule has 0 saturated heterocycles. The second kappa shape index (κ2) is 6.70. The molecule has 0 aliphatic rings. The topological polar surface area (TPSA) is 47.0 Å². The van der Waals surface area contributed by atoms with Crippen LogP contribution in [-0.2, 0) is 13.0 Å². The van der Waals surface area contributed by atoms with E-state index < -0.39 is 0 Å². The van der Waals surface area contributed by atoms with Crippen molar-refractivity contribution in [2.75, 3.05) is 12.4 Å². The molecule has 0 atom stereocenters. The van der Waals surface area contributed by atoms with Crippen LogP contribution < -0.4 is 10.1 Å². The molecule has 1 heterocycles. The molecule has 5 heteroatoms. The molecule has 1 aromatic heterocycles. The maximum Gasteiger partial charge on any atom is 0.205 e. The monoisotopic (exact) mass is 291 g/mol. The third-order valence-electron chi connectivity index (χ3n) is 2.92. The zero-order valence-corrected chi connectivity index (χ0v) is 13.3. The summed E-state index contributed by atoms with van der Waals surface area (Å²) in [7, 11) is 1.69. The first kappa shape index (κ1) is 14.8. The SMILES string of the molecule is COc1ccc(C)cc1CNc1nnc(CC(C)C)s1. The number of aromatic nitrogens is 2. The summed E-state index contributed by atoms with van der Waals surface area (Å²) in [6, 6.07) is 6.17. The number of hydrogen-bond acceptors (Lipinski definition) is 5. The molecule has 0 saturated carbocycles. The summed E-state index contributed by atoms with van der Waals surface area (Å²) in [6.45, 7) is 7.15. The minimum atomic E-state index is 0.604. The Balaban J connectivity index is 2.01. The zero-order chi connectivity index (χ0) is 14.5. The number of benzene rings is 1. The van der Waals surface area contributed by atoms with Gasteiger partial charge in [0.25, 0.3) is 0 Å². The molecule has 0 unspecified atom stereocenters. The molecular weight excluding hydrogens is 270 g/mol. The molecule has 20 heavy (non-hydrogen) atoms. The van der Waals surface area contributed by atoms with Crippen molar-refractivity contribution in [1.29, 1.82) is 0 Å². The Labute approximate surface area is 124 Å². The minimum absolute atomic E-state index is 0.604. The fourth-order valence-electron chi connectivity index (χ4n) is 1.97. The predicted octanol–water partition coefficient (Wildman–Crippen LogP) is 3.67. The van der Waals surface area contributed by atoms with E-state index >= 15 is 0 Å². The van der Waals surface area contributed by atoms with Gasteiger partial charge in [-0.05, 0) is 18.9 Å². The minimum Gasteiger partial charge on any atom is -0.496 e. The lowest BCUT2D eigenvalue weighted by molar-refractivity contribution is 0.410. The van der Waals surface area contributed by atoms with Crippen molar-refractivity contribution >= 4 is 16.5 Å². The molecule has 1 N–H and O–H groups in total. The Morgan fingerprint density at radius 3 is 2.80 bits per heavy atom. The van der Waals surface area contributed by atoms with Gasteiger partial charge in [-0.25, -0.2) is 0 Å². The summed E-state index contributed by atoms with van der Waals surface area (Å²) >= 11 is 1.62. The fraction of sp³-hybridized carbons (Fsp3) is 0.467. The smallest absolute Gasteiger partial charge is 0.205 e. The first-order chi connectivity index (χ1) is 9.58. The van der Waals surface area contributed by atoms with Crippen LogP contribution >= 0.6 is 11.3 Å². The Hall–Kier alpha value is -1.62. The van der Waals surface area contributed by atoms with E-state index in [1.54, 1.807) is 18.4 Å². The highest BCUT2D eigenvalue weighted by molar-refractivity contribution is 7.15. The van der Waals surface area contributed by atoms with Crippen LogP contribution in [0, 0.1) is 12.8 Å². The molecule has 0 aliphatic carbocycles. The molecule has 2 rings (SSSR count). The van der Waals surface area contributed by atoms with Crippen molar-refractivity contribution in [1.82, 2.24) is 10.2 Å². The van der Waals surface area contributed by atoms with Gasteiger partial charge in [0.2, 0.25) is 5.13 Å². The highest BCUT2D eigenvalue weighted by atomic mass is 32.1. The number of nitrogens with zero attached hydrogens (tertiary/aromatic N) is 2. The lowest BCUT2D eigenvalue weighted by atomic mass is 10.1. The normalized spacial score (nSPS) is 10.8. The second-order valence-corrected chi connectivity index (χ2v) is 6.33. The van der Waals surface area contributed by atoms with E-state index in [2.05, 4.69) is 42.4 Å². The number of anilines is 1. The number of ether oxygens (including phenoxy) is 1. The van der Waals surface area contributed by atoms with Gasteiger partial charge in [-0.15, -0.1) is 10.2 Å². The molecule has 2 aromatic rings. The van der Waals surface area contributed by atoms with E-state index in [1.807, 2.05) is 12.1 Å². The van der Waals surface area contributed by atoms with Crippen molar-refractivity contribution in [3.05, 3.63) is 34.3 Å². The fourth-order valence-corrected chi connectivity index (χ4v) is 2.92. The van der Waals surface area contributed by atoms with Gasteiger partial charge in [-0.3, -0.25) is 0 Å². The molecule has 0 fully saturated rings. The van der Waals surface area contributed by atoms with E-state index in [4.69, 9.17) is 4.74 Å². The Bertz CT molecular complexity index is 566. The molecular formula is C15H21N3OS. The summed E-state index contributed by atoms with van der Waals surface area (Å²) in [5, 5.41) is 13.7. The lowest BCUT2D eigenvalue weighted by Gasteiger charge is -2.09. The molecule has 0 radical (unpaired) electrons. The third-order valence-corrected chi connectivity index (χ3v) is 3.82. The van der Waals surface area contributed by atoms with E-state index in [9.17, 15) is 0 Å². The van der Waals surface area contributed by atoms with Gasteiger partial charge >= 0.3 is 0 Å². The van der Waals surface area contributed by atoms with Gasteiger partial charge in [-0.1, -0.05) is 42.9 Å². The molecule has 0 spiro atoms. The van der Waals surface area contributed by atoms with Crippen molar-refractivity contribution in [2.24, 2.45) is 5.92 Å². The highest BCUT2D eigenvalue weighted by Crippen LogP contribution is 2.23. The summed E-state index contributed by atoms with van der Waals surface area (Å²) < 4.78 is 5.37. The van der Waals surface area contributed by atoms with Gasteiger partial charge in [0.1, 0.15) is 10.8 Å². The molecule has 0 amide bonds. The lowest BCUT2D eigenvalue weighted by Crippen LogP contribution is -2.01. The maximum absolute atomic E-state index is 5.37. The summed E-state index contributed by atoms with van der Waals surface area (Å²) in [5.74, 6) is 1.50. The van der Waals surface area contributed by atoms with Crippen LogP contribution in [0.4, 0.5) is 5.13 Å². The van der Waals surface area contributed by atoms with Crippen molar-refractivity contribution < 1.29 is 4.74 Å². The van der Waals surface area contributed by atoms with Crippen LogP contribution in [0.25, 0.3) is 0 Å². The first-order valence-corrected chi connectivity index (χ1v) is 7.60. The van der Waals surface area contributed by atoms with Crippen LogP contribution in [0.3, 0.4) is 0 Å². The van der Waals surface area contributed by atoms with E-state index in [0.717, 1.165) is 27.9 Å². The molecule has 1 aromatic carbocycles. The van der Waals surface area contributed by atoms with Crippen LogP contribution in [0.1, 0.15) is 30.0 Å². The Morgan fingerprint density at radius 2 is 2.10 bits per heavy atom. The molecule has 0 aliphatic heterocycles. The quantitative estimate of drug-likeness (QED) is 0.882. The van der Waals surface area contributed by atoms with Gasteiger partial charge in [-0.2, -0.15) is 0 Å². The molecule has 108 valence electrons. The van der Waals surface area contributed by atoms with Crippen LogP contribution in [0.5, 0.6) is 5.75 Å². The summed E-state index contributed by atoms with van der Waals surface area (Å²) in [5.41, 5.74) is 2.36. The first-order valence-electron chi connectivity index (χ1n) is 6.78. The van der Waals surface area contributed by atoms with E-state index in [-0.39, 0.29) is 0 Å². The summed E-state index contributed by atoms with van der Waals surface area (Å²) in [6.07, 6.45) is 0.979. The number of hydrogen-bond donors (Lipinski definition) is 1. The number of aryl methyl sites for hydroxylation is 1. The molecule has 0 bridgehead atoms. The van der Waals surface area contributed by atoms with Gasteiger partial charge in [0.15, 0.2) is 0 Å². The van der Waals surface area contributed by atoms with E-state index in [1.165, 1.54) is 5.56 Å². The van der Waals surface area contributed by atoms with Crippen molar-refractivity contribution in [3.63, 3.8) is 0 Å². The van der Waals surface area contributed by atoms with Gasteiger partial charge in [0.05, 0.1) is 7.11 Å². The molecule has 4 nitrogen and oxygen atoms in total. The van der Waals surface area contributed by atoms with Crippen LogP contribution in [0.2, 0.25) is 0 Å². The third kappa shape index (κ3) is 3.93. The zero-order valence-electron chi connectivity index (χ0n) is 12.4. The maximum atomic E-state index is 5.37. The number of rotatable bonds is 6. The Morgan fingerprint density at radius 1 is 1.30 bits per heavy atom. The van der Waals surface area contributed by atoms with Crippen molar-refractivity contribution in [3.8, 4) is 5.75 Å². The largest absolute Gasteiger partial charge is 0.496 e. The average Bonchev–Trinajstić information content (AvgIpc) is 2.83. The Kier molecular flexibility index (Phi) is 4.95. The average molecular weight is 291 g/mol. The second-order valence-electron chi connectivity index (χ2n) is 5.27. The van der Waals surface area contributed by atoms with E-state index in [0.29, 0.717) is 12.5 Å². The van der Waals surface area contributed by atoms with Crippen LogP contribution in [0.15, 0.2) is 18.2 Å².